The van der Waals surface area contributed by atoms with E-state index in [4.69, 9.17) is 5.11 Å². The number of hydrogen-bond acceptors (Lipinski definition) is 2. The molecule has 0 bridgehead atoms. The number of hydrogen-bond donors (Lipinski definition) is 1. The molecule has 0 unspecified atom stereocenters. The van der Waals surface area contributed by atoms with Crippen LogP contribution >= 0.6 is 0 Å². The Morgan fingerprint density at radius 1 is 1.67 bits per heavy atom. The van der Waals surface area contributed by atoms with E-state index < -0.39 is 5.97 Å². The Bertz CT molecular complexity index is 118. The molecular formula is C6H11NO2. The molecule has 0 aromatic rings. The van der Waals surface area contributed by atoms with E-state index in [2.05, 4.69) is 0 Å². The maximum atomic E-state index is 9.88. The summed E-state index contributed by atoms with van der Waals surface area (Å²) in [6, 6.07) is 0. The number of carboxylic acid groups (broad SMARTS) is 1. The van der Waals surface area contributed by atoms with E-state index in [9.17, 15) is 4.79 Å². The molecule has 9 heavy (non-hydrogen) atoms. The van der Waals surface area contributed by atoms with Gasteiger partial charge in [-0.15, -0.1) is 0 Å². The third-order valence-corrected chi connectivity index (χ3v) is 0.731. The molecular weight excluding hydrogens is 118 g/mol. The van der Waals surface area contributed by atoms with E-state index in [0.717, 1.165) is 6.08 Å². The third-order valence-electron chi connectivity index (χ3n) is 0.731. The average molecular weight is 129 g/mol. The van der Waals surface area contributed by atoms with Crippen LogP contribution in [0.25, 0.3) is 0 Å². The van der Waals surface area contributed by atoms with Crippen LogP contribution in [0.4, 0.5) is 0 Å². The molecule has 0 aromatic heterocycles. The summed E-state index contributed by atoms with van der Waals surface area (Å²) >= 11 is 0. The fourth-order valence-electron chi connectivity index (χ4n) is 0.364. The SMILES string of the molecule is CN(C)C/C=C\C(=O)O. The van der Waals surface area contributed by atoms with Crippen LogP contribution in [-0.4, -0.2) is 36.6 Å². The number of carbonyl (C=O) groups is 1. The maximum absolute atomic E-state index is 9.88. The van der Waals surface area contributed by atoms with Crippen molar-refractivity contribution in [2.45, 2.75) is 0 Å². The van der Waals surface area contributed by atoms with Gasteiger partial charge >= 0.3 is 5.97 Å². The van der Waals surface area contributed by atoms with Crippen LogP contribution in [0, 0.1) is 0 Å². The Labute approximate surface area is 54.6 Å². The minimum atomic E-state index is -0.892. The minimum absolute atomic E-state index is 0.673. The van der Waals surface area contributed by atoms with Gasteiger partial charge in [-0.1, -0.05) is 6.08 Å². The summed E-state index contributed by atoms with van der Waals surface area (Å²) in [6.07, 6.45) is 2.74. The lowest BCUT2D eigenvalue weighted by atomic mass is 10.5. The fourth-order valence-corrected chi connectivity index (χ4v) is 0.364. The van der Waals surface area contributed by atoms with Crippen molar-refractivity contribution in [1.29, 1.82) is 0 Å². The second-order valence-corrected chi connectivity index (χ2v) is 2.00. The van der Waals surface area contributed by atoms with Crippen molar-refractivity contribution < 1.29 is 9.90 Å². The number of nitrogens with zero attached hydrogens (tertiary/aromatic N) is 1. The Morgan fingerprint density at radius 3 is 2.56 bits per heavy atom. The summed E-state index contributed by atoms with van der Waals surface area (Å²) in [5, 5.41) is 8.12. The lowest BCUT2D eigenvalue weighted by Crippen LogP contribution is -2.10. The molecule has 0 aromatic carbocycles. The molecule has 0 heterocycles. The first-order chi connectivity index (χ1) is 4.13. The predicted molar refractivity (Wildman–Crippen MR) is 35.3 cm³/mol. The van der Waals surface area contributed by atoms with Gasteiger partial charge in [-0.25, -0.2) is 4.79 Å². The van der Waals surface area contributed by atoms with Gasteiger partial charge < -0.3 is 10.0 Å². The molecule has 3 nitrogen and oxygen atoms in total. The predicted octanol–water partition coefficient (Wildman–Crippen LogP) is 0.189. The van der Waals surface area contributed by atoms with E-state index in [1.165, 1.54) is 0 Å². The van der Waals surface area contributed by atoms with E-state index in [1.807, 2.05) is 19.0 Å². The van der Waals surface area contributed by atoms with Gasteiger partial charge in [-0.2, -0.15) is 0 Å². The highest BCUT2D eigenvalue weighted by atomic mass is 16.4. The van der Waals surface area contributed by atoms with Crippen LogP contribution in [0.1, 0.15) is 0 Å². The lowest BCUT2D eigenvalue weighted by molar-refractivity contribution is -0.131. The summed E-state index contributed by atoms with van der Waals surface area (Å²) in [7, 11) is 3.76. The highest BCUT2D eigenvalue weighted by Gasteiger charge is 1.85. The molecule has 1 N–H and O–H groups in total. The molecule has 0 amide bonds. The summed E-state index contributed by atoms with van der Waals surface area (Å²) in [5.74, 6) is -0.892. The van der Waals surface area contributed by atoms with Gasteiger partial charge in [0, 0.05) is 12.6 Å². The quantitative estimate of drug-likeness (QED) is 0.553. The van der Waals surface area contributed by atoms with Gasteiger partial charge in [-0.3, -0.25) is 0 Å². The van der Waals surface area contributed by atoms with Gasteiger partial charge in [0.2, 0.25) is 0 Å². The van der Waals surface area contributed by atoms with E-state index in [-0.39, 0.29) is 0 Å². The molecule has 3 heteroatoms. The van der Waals surface area contributed by atoms with Crippen molar-refractivity contribution in [1.82, 2.24) is 4.90 Å². The molecule has 0 radical (unpaired) electrons. The standard InChI is InChI=1S/C6H11NO2/c1-7(2)5-3-4-6(8)9/h3-4H,5H2,1-2H3,(H,8,9)/b4-3-. The van der Waals surface area contributed by atoms with Gasteiger partial charge in [0.15, 0.2) is 0 Å². The van der Waals surface area contributed by atoms with Crippen LogP contribution in [0.5, 0.6) is 0 Å². The van der Waals surface area contributed by atoms with E-state index in [0.29, 0.717) is 6.54 Å². The first-order valence-corrected chi connectivity index (χ1v) is 2.67. The van der Waals surface area contributed by atoms with Gasteiger partial charge in [0.05, 0.1) is 0 Å². The van der Waals surface area contributed by atoms with Crippen molar-refractivity contribution >= 4 is 5.97 Å². The Hall–Kier alpha value is -0.830. The first-order valence-electron chi connectivity index (χ1n) is 2.67. The molecule has 0 aliphatic rings. The van der Waals surface area contributed by atoms with Crippen molar-refractivity contribution in [2.75, 3.05) is 20.6 Å². The highest BCUT2D eigenvalue weighted by molar-refractivity contribution is 5.79. The molecule has 0 saturated heterocycles. The van der Waals surface area contributed by atoms with Crippen molar-refractivity contribution in [2.24, 2.45) is 0 Å². The Kier molecular flexibility index (Phi) is 3.71. The van der Waals surface area contributed by atoms with E-state index in [1.54, 1.807) is 6.08 Å². The lowest BCUT2D eigenvalue weighted by Gasteiger charge is -2.02. The minimum Gasteiger partial charge on any atom is -0.478 e. The zero-order valence-corrected chi connectivity index (χ0v) is 5.66. The zero-order valence-electron chi connectivity index (χ0n) is 5.66. The summed E-state index contributed by atoms with van der Waals surface area (Å²) < 4.78 is 0. The average Bonchev–Trinajstić information content (AvgIpc) is 1.63. The summed E-state index contributed by atoms with van der Waals surface area (Å²) in [5.41, 5.74) is 0. The molecule has 0 saturated carbocycles. The Morgan fingerprint density at radius 2 is 2.22 bits per heavy atom. The Balaban J connectivity index is 3.36. The number of likely N-dealkylation sites (N-methyl/N-ethyl adjacent to an activating group) is 1. The van der Waals surface area contributed by atoms with Crippen LogP contribution in [0.2, 0.25) is 0 Å². The number of aliphatic carboxylic acids is 1. The van der Waals surface area contributed by atoms with Crippen molar-refractivity contribution in [3.63, 3.8) is 0 Å². The van der Waals surface area contributed by atoms with Crippen LogP contribution in [-0.2, 0) is 4.79 Å². The molecule has 0 atom stereocenters. The normalized spacial score (nSPS) is 11.0. The summed E-state index contributed by atoms with van der Waals surface area (Å²) in [4.78, 5) is 11.8. The van der Waals surface area contributed by atoms with Crippen LogP contribution in [0.15, 0.2) is 12.2 Å². The second kappa shape index (κ2) is 4.09. The zero-order chi connectivity index (χ0) is 7.28. The van der Waals surface area contributed by atoms with Gasteiger partial charge in [0.1, 0.15) is 0 Å². The smallest absolute Gasteiger partial charge is 0.328 e. The van der Waals surface area contributed by atoms with Crippen LogP contribution < -0.4 is 0 Å². The monoisotopic (exact) mass is 129 g/mol. The maximum Gasteiger partial charge on any atom is 0.328 e. The van der Waals surface area contributed by atoms with Gasteiger partial charge in [0.25, 0.3) is 0 Å². The molecule has 0 aliphatic carbocycles. The molecule has 0 aliphatic heterocycles. The highest BCUT2D eigenvalue weighted by Crippen LogP contribution is 1.76. The number of rotatable bonds is 3. The molecule has 0 rings (SSSR count). The largest absolute Gasteiger partial charge is 0.478 e. The summed E-state index contributed by atoms with van der Waals surface area (Å²) in [6.45, 7) is 0.673. The van der Waals surface area contributed by atoms with Gasteiger partial charge in [-0.05, 0) is 14.1 Å². The molecule has 0 fully saturated rings. The second-order valence-electron chi connectivity index (χ2n) is 2.00. The first kappa shape index (κ1) is 8.17. The number of carboxylic acids is 1. The van der Waals surface area contributed by atoms with E-state index >= 15 is 0 Å². The molecule has 0 spiro atoms. The fraction of sp³-hybridized carbons (Fsp3) is 0.500. The van der Waals surface area contributed by atoms with Crippen LogP contribution in [0.3, 0.4) is 0 Å². The topological polar surface area (TPSA) is 40.5 Å². The van der Waals surface area contributed by atoms with Crippen molar-refractivity contribution in [3.05, 3.63) is 12.2 Å². The van der Waals surface area contributed by atoms with Crippen molar-refractivity contribution in [3.8, 4) is 0 Å². The third kappa shape index (κ3) is 7.17. The molecule has 52 valence electrons.